The van der Waals surface area contributed by atoms with Gasteiger partial charge in [0, 0.05) is 18.4 Å². The van der Waals surface area contributed by atoms with Crippen molar-refractivity contribution in [3.63, 3.8) is 0 Å². The molecule has 0 saturated heterocycles. The lowest BCUT2D eigenvalue weighted by Gasteiger charge is -2.05. The highest BCUT2D eigenvalue weighted by molar-refractivity contribution is 8.01. The second-order valence-corrected chi connectivity index (χ2v) is 8.70. The SMILES string of the molecule is Cc1nc(NC(=O)CCC(=O)c2ccc3c(c2)CCC3)sc1SCC(N)=O. The van der Waals surface area contributed by atoms with Crippen LogP contribution in [0.25, 0.3) is 0 Å². The van der Waals surface area contributed by atoms with Crippen molar-refractivity contribution in [1.82, 2.24) is 4.98 Å². The van der Waals surface area contributed by atoms with Crippen LogP contribution in [0.2, 0.25) is 0 Å². The van der Waals surface area contributed by atoms with Gasteiger partial charge in [0.2, 0.25) is 11.8 Å². The van der Waals surface area contributed by atoms with Crippen LogP contribution in [0.5, 0.6) is 0 Å². The molecular formula is C19H21N3O3S2. The molecule has 0 aliphatic heterocycles. The van der Waals surface area contributed by atoms with Crippen LogP contribution in [-0.2, 0) is 22.4 Å². The van der Waals surface area contributed by atoms with E-state index in [0.29, 0.717) is 10.7 Å². The lowest BCUT2D eigenvalue weighted by Crippen LogP contribution is -2.13. The van der Waals surface area contributed by atoms with E-state index in [1.165, 1.54) is 34.2 Å². The minimum atomic E-state index is -0.400. The predicted molar refractivity (Wildman–Crippen MR) is 107 cm³/mol. The number of benzene rings is 1. The van der Waals surface area contributed by atoms with Gasteiger partial charge in [-0.15, -0.1) is 11.8 Å². The Kier molecular flexibility index (Phi) is 6.28. The molecule has 6 nitrogen and oxygen atoms in total. The molecule has 3 rings (SSSR count). The number of nitrogens with one attached hydrogen (secondary N) is 1. The number of hydrogen-bond acceptors (Lipinski definition) is 6. The van der Waals surface area contributed by atoms with Gasteiger partial charge in [-0.1, -0.05) is 23.5 Å². The van der Waals surface area contributed by atoms with E-state index >= 15 is 0 Å². The van der Waals surface area contributed by atoms with Crippen LogP contribution in [0.15, 0.2) is 22.4 Å². The molecule has 1 heterocycles. The first kappa shape index (κ1) is 19.6. The van der Waals surface area contributed by atoms with Crippen LogP contribution < -0.4 is 11.1 Å². The highest BCUT2D eigenvalue weighted by Crippen LogP contribution is 2.32. The molecule has 2 amide bonds. The molecular weight excluding hydrogens is 382 g/mol. The lowest BCUT2D eigenvalue weighted by atomic mass is 10.0. The Bertz CT molecular complexity index is 892. The van der Waals surface area contributed by atoms with E-state index in [1.54, 1.807) is 0 Å². The summed E-state index contributed by atoms with van der Waals surface area (Å²) in [5, 5.41) is 3.19. The highest BCUT2D eigenvalue weighted by Gasteiger charge is 2.16. The maximum absolute atomic E-state index is 12.4. The zero-order chi connectivity index (χ0) is 19.4. The smallest absolute Gasteiger partial charge is 0.227 e. The summed E-state index contributed by atoms with van der Waals surface area (Å²) in [5.41, 5.74) is 9.15. The Morgan fingerprint density at radius 2 is 2.00 bits per heavy atom. The third-order valence-electron chi connectivity index (χ3n) is 4.35. The molecule has 0 unspecified atom stereocenters. The van der Waals surface area contributed by atoms with Crippen molar-refractivity contribution in [3.8, 4) is 0 Å². The van der Waals surface area contributed by atoms with Crippen molar-refractivity contribution in [1.29, 1.82) is 0 Å². The highest BCUT2D eigenvalue weighted by atomic mass is 32.2. The number of thiazole rings is 1. The number of carbonyl (C=O) groups is 3. The number of ketones is 1. The Labute approximate surface area is 165 Å². The van der Waals surface area contributed by atoms with E-state index < -0.39 is 5.91 Å². The third-order valence-corrected chi connectivity index (χ3v) is 6.80. The minimum Gasteiger partial charge on any atom is -0.369 e. The number of rotatable bonds is 8. The van der Waals surface area contributed by atoms with Crippen LogP contribution in [0.1, 0.15) is 46.4 Å². The molecule has 1 aromatic carbocycles. The first-order valence-electron chi connectivity index (χ1n) is 8.76. The fourth-order valence-electron chi connectivity index (χ4n) is 3.00. The fourth-order valence-corrected chi connectivity index (χ4v) is 4.90. The molecule has 142 valence electrons. The van der Waals surface area contributed by atoms with Gasteiger partial charge in [-0.2, -0.15) is 0 Å². The van der Waals surface area contributed by atoms with Crippen molar-refractivity contribution in [2.75, 3.05) is 11.1 Å². The van der Waals surface area contributed by atoms with Gasteiger partial charge in [0.15, 0.2) is 10.9 Å². The number of hydrogen-bond donors (Lipinski definition) is 2. The molecule has 0 radical (unpaired) electrons. The molecule has 8 heteroatoms. The van der Waals surface area contributed by atoms with Crippen LogP contribution in [0, 0.1) is 6.92 Å². The number of aromatic nitrogens is 1. The third kappa shape index (κ3) is 5.17. The van der Waals surface area contributed by atoms with E-state index in [1.807, 2.05) is 25.1 Å². The molecule has 0 bridgehead atoms. The topological polar surface area (TPSA) is 102 Å². The first-order valence-corrected chi connectivity index (χ1v) is 10.6. The van der Waals surface area contributed by atoms with Crippen molar-refractivity contribution < 1.29 is 14.4 Å². The summed E-state index contributed by atoms with van der Waals surface area (Å²) in [7, 11) is 0. The van der Waals surface area contributed by atoms with Gasteiger partial charge >= 0.3 is 0 Å². The number of amides is 2. The maximum atomic E-state index is 12.4. The number of aryl methyl sites for hydroxylation is 3. The van der Waals surface area contributed by atoms with E-state index in [4.69, 9.17) is 5.73 Å². The Balaban J connectivity index is 1.51. The monoisotopic (exact) mass is 403 g/mol. The van der Waals surface area contributed by atoms with Crippen LogP contribution in [0.4, 0.5) is 5.13 Å². The van der Waals surface area contributed by atoms with Crippen molar-refractivity contribution >= 4 is 45.8 Å². The number of primary amides is 1. The molecule has 3 N–H and O–H groups in total. The van der Waals surface area contributed by atoms with Gasteiger partial charge in [-0.3, -0.25) is 14.4 Å². The second kappa shape index (κ2) is 8.67. The lowest BCUT2D eigenvalue weighted by molar-refractivity contribution is -0.116. The quantitative estimate of drug-likeness (QED) is 0.521. The van der Waals surface area contributed by atoms with E-state index in [2.05, 4.69) is 10.3 Å². The number of fused-ring (bicyclic) bond motifs is 1. The summed E-state index contributed by atoms with van der Waals surface area (Å²) in [5.74, 6) is -0.493. The molecule has 0 atom stereocenters. The van der Waals surface area contributed by atoms with Gasteiger partial charge in [-0.05, 0) is 43.4 Å². The van der Waals surface area contributed by atoms with E-state index in [0.717, 1.165) is 29.2 Å². The van der Waals surface area contributed by atoms with Crippen LogP contribution >= 0.6 is 23.1 Å². The fraction of sp³-hybridized carbons (Fsp3) is 0.368. The molecule has 27 heavy (non-hydrogen) atoms. The summed E-state index contributed by atoms with van der Waals surface area (Å²) < 4.78 is 0.846. The Morgan fingerprint density at radius 3 is 2.78 bits per heavy atom. The van der Waals surface area contributed by atoms with Crippen LogP contribution in [0.3, 0.4) is 0 Å². The van der Waals surface area contributed by atoms with E-state index in [9.17, 15) is 14.4 Å². The number of carbonyl (C=O) groups excluding carboxylic acids is 3. The number of anilines is 1. The zero-order valence-corrected chi connectivity index (χ0v) is 16.7. The zero-order valence-electron chi connectivity index (χ0n) is 15.0. The first-order chi connectivity index (χ1) is 12.9. The molecule has 1 aliphatic carbocycles. The van der Waals surface area contributed by atoms with Crippen molar-refractivity contribution in [2.45, 2.75) is 43.2 Å². The van der Waals surface area contributed by atoms with Crippen molar-refractivity contribution in [3.05, 3.63) is 40.6 Å². The number of Topliss-reactive ketones (excluding diaryl/α,β-unsaturated/α-hetero) is 1. The van der Waals surface area contributed by atoms with Gasteiger partial charge < -0.3 is 11.1 Å². The number of thioether (sulfide) groups is 1. The van der Waals surface area contributed by atoms with Crippen molar-refractivity contribution in [2.24, 2.45) is 5.73 Å². The molecule has 2 aromatic rings. The normalized spacial score (nSPS) is 12.6. The van der Waals surface area contributed by atoms with Gasteiger partial charge in [0.25, 0.3) is 0 Å². The standard InChI is InChI=1S/C19H21N3O3S2/c1-11-18(26-10-16(20)24)27-19(21-11)22-17(25)8-7-15(23)14-6-5-12-3-2-4-13(12)9-14/h5-6,9H,2-4,7-8,10H2,1H3,(H2,20,24)(H,21,22,25). The summed E-state index contributed by atoms with van der Waals surface area (Å²) in [6, 6.07) is 5.85. The Morgan fingerprint density at radius 1 is 1.22 bits per heavy atom. The second-order valence-electron chi connectivity index (χ2n) is 6.46. The Hall–Kier alpha value is -2.19. The number of nitrogens with zero attached hydrogens (tertiary/aromatic N) is 1. The summed E-state index contributed by atoms with van der Waals surface area (Å²) >= 11 is 2.61. The molecule has 0 fully saturated rings. The molecule has 0 saturated carbocycles. The molecule has 0 spiro atoms. The van der Waals surface area contributed by atoms with E-state index in [-0.39, 0.29) is 30.3 Å². The van der Waals surface area contributed by atoms with Gasteiger partial charge in [0.1, 0.15) is 0 Å². The average molecular weight is 404 g/mol. The number of nitrogens with two attached hydrogens (primary N) is 1. The summed E-state index contributed by atoms with van der Waals surface area (Å²) in [4.78, 5) is 39.7. The minimum absolute atomic E-state index is 0.0205. The summed E-state index contributed by atoms with van der Waals surface area (Å²) in [6.45, 7) is 1.81. The largest absolute Gasteiger partial charge is 0.369 e. The average Bonchev–Trinajstić information content (AvgIpc) is 3.23. The van der Waals surface area contributed by atoms with Gasteiger partial charge in [0.05, 0.1) is 15.7 Å². The maximum Gasteiger partial charge on any atom is 0.227 e. The predicted octanol–water partition coefficient (Wildman–Crippen LogP) is 3.12. The molecule has 1 aromatic heterocycles. The summed E-state index contributed by atoms with van der Waals surface area (Å²) in [6.07, 6.45) is 3.52. The van der Waals surface area contributed by atoms with Gasteiger partial charge in [-0.25, -0.2) is 4.98 Å². The molecule has 1 aliphatic rings. The van der Waals surface area contributed by atoms with Crippen LogP contribution in [-0.4, -0.2) is 28.3 Å².